The van der Waals surface area contributed by atoms with Crippen molar-refractivity contribution in [1.29, 1.82) is 0 Å². The first-order chi connectivity index (χ1) is 6.18. The number of allylic oxidation sites excluding steroid dienone is 1. The van der Waals surface area contributed by atoms with Gasteiger partial charge in [0.05, 0.1) is 18.6 Å². The summed E-state index contributed by atoms with van der Waals surface area (Å²) in [6, 6.07) is 0. The van der Waals surface area contributed by atoms with E-state index >= 15 is 0 Å². The number of rotatable bonds is 0. The molecular weight excluding hydrogens is 168 g/mol. The largest absolute Gasteiger partial charge is 0.463 e. The number of hydrogen-bond donors (Lipinski definition) is 1. The fourth-order valence-corrected chi connectivity index (χ4v) is 1.35. The van der Waals surface area contributed by atoms with Crippen LogP contribution in [-0.2, 0) is 9.53 Å². The summed E-state index contributed by atoms with van der Waals surface area (Å²) in [4.78, 5) is 11.1. The van der Waals surface area contributed by atoms with E-state index in [-0.39, 0.29) is 18.5 Å². The minimum atomic E-state index is -0.683. The molecule has 2 atom stereocenters. The molecule has 0 aromatic heterocycles. The third kappa shape index (κ3) is 4.08. The first-order valence-corrected chi connectivity index (χ1v) is 4.72. The van der Waals surface area contributed by atoms with Gasteiger partial charge in [-0.05, 0) is 26.2 Å². The number of aliphatic hydroxyl groups is 1. The third-order valence-corrected chi connectivity index (χ3v) is 2.05. The topological polar surface area (TPSA) is 46.5 Å². The van der Waals surface area contributed by atoms with Crippen LogP contribution in [0.3, 0.4) is 0 Å². The van der Waals surface area contributed by atoms with Crippen LogP contribution in [0.15, 0.2) is 12.2 Å². The lowest BCUT2D eigenvalue weighted by Crippen LogP contribution is -2.19. The van der Waals surface area contributed by atoms with Crippen LogP contribution in [0.5, 0.6) is 0 Å². The summed E-state index contributed by atoms with van der Waals surface area (Å²) in [6.45, 7) is 1.88. The average molecular weight is 184 g/mol. The zero-order valence-electron chi connectivity index (χ0n) is 7.90. The zero-order valence-corrected chi connectivity index (χ0v) is 7.90. The van der Waals surface area contributed by atoms with Crippen LogP contribution in [0.4, 0.5) is 0 Å². The van der Waals surface area contributed by atoms with E-state index in [4.69, 9.17) is 4.74 Å². The van der Waals surface area contributed by atoms with Crippen LogP contribution in [0.25, 0.3) is 0 Å². The molecule has 1 heterocycles. The first kappa shape index (κ1) is 10.3. The fraction of sp³-hybridized carbons (Fsp3) is 0.700. The molecule has 1 rings (SSSR count). The number of ether oxygens (including phenoxy) is 1. The molecule has 0 amide bonds. The standard InChI is InChI=1S/C10H16O3/c1-8-5-3-2-4-6-9(11)7-10(12)13-8/h4,6,8-9,11H,2-3,5,7H2,1H3/b6-4+/t8-,9?/m1/s1. The Bertz CT molecular complexity index is 198. The molecule has 0 bridgehead atoms. The van der Waals surface area contributed by atoms with Crippen molar-refractivity contribution in [3.63, 3.8) is 0 Å². The second-order valence-electron chi connectivity index (χ2n) is 3.43. The summed E-state index contributed by atoms with van der Waals surface area (Å²) in [5.41, 5.74) is 0. The van der Waals surface area contributed by atoms with Crippen molar-refractivity contribution in [2.45, 2.75) is 44.8 Å². The van der Waals surface area contributed by atoms with Gasteiger partial charge in [0, 0.05) is 0 Å². The Morgan fingerprint density at radius 1 is 1.62 bits per heavy atom. The molecule has 1 aliphatic rings. The van der Waals surface area contributed by atoms with Crippen LogP contribution in [0.1, 0.15) is 32.6 Å². The quantitative estimate of drug-likeness (QED) is 0.457. The summed E-state index contributed by atoms with van der Waals surface area (Å²) in [7, 11) is 0. The summed E-state index contributed by atoms with van der Waals surface area (Å²) < 4.78 is 5.06. The smallest absolute Gasteiger partial charge is 0.309 e. The highest BCUT2D eigenvalue weighted by Gasteiger charge is 2.13. The molecule has 1 N–H and O–H groups in total. The Morgan fingerprint density at radius 2 is 2.38 bits per heavy atom. The van der Waals surface area contributed by atoms with E-state index in [2.05, 4.69) is 0 Å². The Kier molecular flexibility index (Phi) is 3.96. The maximum atomic E-state index is 11.1. The van der Waals surface area contributed by atoms with E-state index in [1.165, 1.54) is 0 Å². The molecule has 0 spiro atoms. The molecule has 3 heteroatoms. The van der Waals surface area contributed by atoms with Crippen LogP contribution >= 0.6 is 0 Å². The van der Waals surface area contributed by atoms with Gasteiger partial charge >= 0.3 is 5.97 Å². The summed E-state index contributed by atoms with van der Waals surface area (Å²) in [6.07, 6.45) is 5.79. The highest BCUT2D eigenvalue weighted by atomic mass is 16.5. The molecule has 3 nitrogen and oxygen atoms in total. The van der Waals surface area contributed by atoms with Crippen LogP contribution in [0, 0.1) is 0 Å². The van der Waals surface area contributed by atoms with E-state index in [0.29, 0.717) is 0 Å². The van der Waals surface area contributed by atoms with Gasteiger partial charge in [0.2, 0.25) is 0 Å². The molecule has 1 unspecified atom stereocenters. The predicted molar refractivity (Wildman–Crippen MR) is 49.2 cm³/mol. The number of esters is 1. The van der Waals surface area contributed by atoms with E-state index in [9.17, 15) is 9.90 Å². The minimum absolute atomic E-state index is 0.0220. The Balaban J connectivity index is 2.51. The van der Waals surface area contributed by atoms with Crippen molar-refractivity contribution in [1.82, 2.24) is 0 Å². The molecule has 0 saturated carbocycles. The highest BCUT2D eigenvalue weighted by Crippen LogP contribution is 2.10. The number of aliphatic hydroxyl groups excluding tert-OH is 1. The molecule has 0 radical (unpaired) electrons. The molecular formula is C10H16O3. The Morgan fingerprint density at radius 3 is 3.15 bits per heavy atom. The van der Waals surface area contributed by atoms with E-state index in [1.807, 2.05) is 13.0 Å². The fourth-order valence-electron chi connectivity index (χ4n) is 1.35. The van der Waals surface area contributed by atoms with Crippen molar-refractivity contribution >= 4 is 5.97 Å². The third-order valence-electron chi connectivity index (χ3n) is 2.05. The summed E-state index contributed by atoms with van der Waals surface area (Å²) >= 11 is 0. The van der Waals surface area contributed by atoms with Crippen molar-refractivity contribution in [3.05, 3.63) is 12.2 Å². The number of carbonyl (C=O) groups is 1. The maximum absolute atomic E-state index is 11.1. The SMILES string of the molecule is C[C@@H]1CCC/C=C/C(O)CC(=O)O1. The van der Waals surface area contributed by atoms with Gasteiger partial charge in [-0.25, -0.2) is 0 Å². The molecule has 0 fully saturated rings. The van der Waals surface area contributed by atoms with Gasteiger partial charge in [0.1, 0.15) is 0 Å². The van der Waals surface area contributed by atoms with Gasteiger partial charge in [0.25, 0.3) is 0 Å². The first-order valence-electron chi connectivity index (χ1n) is 4.72. The number of cyclic esters (lactones) is 1. The van der Waals surface area contributed by atoms with Crippen molar-refractivity contribution < 1.29 is 14.6 Å². The van der Waals surface area contributed by atoms with E-state index in [0.717, 1.165) is 19.3 Å². The molecule has 74 valence electrons. The van der Waals surface area contributed by atoms with Gasteiger partial charge < -0.3 is 9.84 Å². The van der Waals surface area contributed by atoms with Gasteiger partial charge in [-0.1, -0.05) is 12.2 Å². The lowest BCUT2D eigenvalue weighted by atomic mass is 10.1. The highest BCUT2D eigenvalue weighted by molar-refractivity contribution is 5.70. The Labute approximate surface area is 78.4 Å². The van der Waals surface area contributed by atoms with E-state index in [1.54, 1.807) is 6.08 Å². The molecule has 13 heavy (non-hydrogen) atoms. The van der Waals surface area contributed by atoms with E-state index < -0.39 is 6.10 Å². The normalized spacial score (nSPS) is 33.5. The average Bonchev–Trinajstić information content (AvgIpc) is 2.02. The van der Waals surface area contributed by atoms with Crippen LogP contribution in [0.2, 0.25) is 0 Å². The minimum Gasteiger partial charge on any atom is -0.463 e. The molecule has 1 aliphatic heterocycles. The lowest BCUT2D eigenvalue weighted by Gasteiger charge is -2.15. The van der Waals surface area contributed by atoms with Crippen molar-refractivity contribution in [3.8, 4) is 0 Å². The van der Waals surface area contributed by atoms with Crippen molar-refractivity contribution in [2.75, 3.05) is 0 Å². The monoisotopic (exact) mass is 184 g/mol. The zero-order chi connectivity index (χ0) is 9.68. The van der Waals surface area contributed by atoms with Crippen LogP contribution < -0.4 is 0 Å². The summed E-state index contributed by atoms with van der Waals surface area (Å²) in [5, 5.41) is 9.30. The van der Waals surface area contributed by atoms with Crippen molar-refractivity contribution in [2.24, 2.45) is 0 Å². The molecule has 0 saturated heterocycles. The molecule has 0 aromatic carbocycles. The van der Waals surface area contributed by atoms with Gasteiger partial charge in [-0.2, -0.15) is 0 Å². The predicted octanol–water partition coefficient (Wildman–Crippen LogP) is 1.41. The molecule has 0 aromatic rings. The Hall–Kier alpha value is -0.830. The van der Waals surface area contributed by atoms with Gasteiger partial charge in [-0.3, -0.25) is 4.79 Å². The second-order valence-corrected chi connectivity index (χ2v) is 3.43. The molecule has 0 aliphatic carbocycles. The van der Waals surface area contributed by atoms with Gasteiger partial charge in [-0.15, -0.1) is 0 Å². The maximum Gasteiger partial charge on any atom is 0.309 e. The summed E-state index contributed by atoms with van der Waals surface area (Å²) in [5.74, 6) is -0.313. The van der Waals surface area contributed by atoms with Gasteiger partial charge in [0.15, 0.2) is 0 Å². The lowest BCUT2D eigenvalue weighted by molar-refractivity contribution is -0.150. The number of hydrogen-bond acceptors (Lipinski definition) is 3. The van der Waals surface area contributed by atoms with Crippen LogP contribution in [-0.4, -0.2) is 23.3 Å². The number of carbonyl (C=O) groups excluding carboxylic acids is 1. The second kappa shape index (κ2) is 5.02.